The third kappa shape index (κ3) is 2.20. The Hall–Kier alpha value is -2.34. The highest BCUT2D eigenvalue weighted by Gasteiger charge is 2.64. The minimum absolute atomic E-state index is 0.152. The van der Waals surface area contributed by atoms with Gasteiger partial charge in [-0.05, 0) is 31.0 Å². The Morgan fingerprint density at radius 2 is 2.32 bits per heavy atom. The van der Waals surface area contributed by atoms with E-state index in [1.165, 1.54) is 18.1 Å². The summed E-state index contributed by atoms with van der Waals surface area (Å²) < 4.78 is 7.75. The van der Waals surface area contributed by atoms with Crippen LogP contribution in [0.15, 0.2) is 22.7 Å². The fourth-order valence-corrected chi connectivity index (χ4v) is 3.99. The fraction of sp³-hybridized carbons (Fsp3) is 0.600. The largest absolute Gasteiger partial charge is 0.350 e. The first-order chi connectivity index (χ1) is 12.0. The predicted octanol–water partition coefficient (Wildman–Crippen LogP) is 3.08. The van der Waals surface area contributed by atoms with Crippen molar-refractivity contribution in [3.8, 4) is 6.07 Å². The molecule has 4 atom stereocenters. The van der Waals surface area contributed by atoms with Crippen molar-refractivity contribution in [3.05, 3.63) is 28.7 Å². The lowest BCUT2D eigenvalue weighted by molar-refractivity contribution is -0.0312. The van der Waals surface area contributed by atoms with Crippen molar-refractivity contribution in [2.75, 3.05) is 6.26 Å². The molecular weight excluding hydrogens is 340 g/mol. The number of ether oxygens (including phenoxy) is 1. The quantitative estimate of drug-likeness (QED) is 0.358. The smallest absolute Gasteiger partial charge is 0.209 e. The first kappa shape index (κ1) is 17.5. The van der Waals surface area contributed by atoms with Crippen molar-refractivity contribution in [1.29, 1.82) is 5.26 Å². The number of nitrogens with zero attached hydrogens (tertiary/aromatic N) is 8. The Kier molecular flexibility index (Phi) is 4.33. The van der Waals surface area contributed by atoms with Gasteiger partial charge in [0.05, 0.1) is 17.8 Å². The van der Waals surface area contributed by atoms with E-state index in [9.17, 15) is 5.26 Å². The molecule has 0 spiro atoms. The number of aromatic nitrogens is 4. The van der Waals surface area contributed by atoms with Crippen LogP contribution < -0.4 is 0 Å². The van der Waals surface area contributed by atoms with Crippen LogP contribution in [0.4, 0.5) is 0 Å². The minimum atomic E-state index is -1.48. The third-order valence-corrected chi connectivity index (χ3v) is 5.80. The number of nitriles is 1. The Morgan fingerprint density at radius 1 is 1.56 bits per heavy atom. The average Bonchev–Trinajstić information content (AvgIpc) is 3.15. The van der Waals surface area contributed by atoms with Gasteiger partial charge in [0, 0.05) is 4.91 Å². The Balaban J connectivity index is 2.32. The molecule has 0 aliphatic carbocycles. The van der Waals surface area contributed by atoms with Gasteiger partial charge in [-0.2, -0.15) is 10.4 Å². The lowest BCUT2D eigenvalue weighted by atomic mass is 9.73. The molecule has 3 rings (SSSR count). The number of thioether (sulfide) groups is 1. The van der Waals surface area contributed by atoms with Crippen LogP contribution >= 0.6 is 11.8 Å². The van der Waals surface area contributed by atoms with E-state index >= 15 is 0 Å². The second kappa shape index (κ2) is 6.19. The van der Waals surface area contributed by atoms with Crippen LogP contribution in [-0.4, -0.2) is 37.5 Å². The maximum atomic E-state index is 10.1. The topological polar surface area (TPSA) is 125 Å². The monoisotopic (exact) mass is 358 g/mol. The molecule has 1 saturated heterocycles. The molecule has 0 radical (unpaired) electrons. The molecule has 25 heavy (non-hydrogen) atoms. The van der Waals surface area contributed by atoms with Gasteiger partial charge in [0.15, 0.2) is 5.65 Å². The molecule has 2 aromatic rings. The van der Waals surface area contributed by atoms with Crippen molar-refractivity contribution >= 4 is 17.4 Å². The maximum absolute atomic E-state index is 10.1. The van der Waals surface area contributed by atoms with Gasteiger partial charge >= 0.3 is 0 Å². The van der Waals surface area contributed by atoms with Crippen molar-refractivity contribution in [2.24, 2.45) is 11.0 Å². The highest BCUT2D eigenvalue weighted by atomic mass is 32.2. The standard InChI is InChI=1S/C15H18N8OS/c1-5-10-9(2)14(3,21-22-17)15(7-16,24-10)11-6-18-12-13(25-4)19-8-20-23(11)12/h6,8-10H,5H2,1-4H3/t9-,10-,14-,15?/m1/s1. The van der Waals surface area contributed by atoms with Gasteiger partial charge in [0.2, 0.25) is 5.60 Å². The van der Waals surface area contributed by atoms with E-state index in [-0.39, 0.29) is 12.0 Å². The molecule has 1 aliphatic heterocycles. The average molecular weight is 358 g/mol. The van der Waals surface area contributed by atoms with Crippen molar-refractivity contribution in [1.82, 2.24) is 19.6 Å². The summed E-state index contributed by atoms with van der Waals surface area (Å²) in [6.07, 6.45) is 5.34. The van der Waals surface area contributed by atoms with Crippen LogP contribution in [0.25, 0.3) is 16.1 Å². The molecule has 2 aromatic heterocycles. The zero-order valence-electron chi connectivity index (χ0n) is 14.4. The van der Waals surface area contributed by atoms with E-state index < -0.39 is 11.1 Å². The molecule has 1 unspecified atom stereocenters. The molecule has 0 aromatic carbocycles. The van der Waals surface area contributed by atoms with Crippen LogP contribution in [0, 0.1) is 17.2 Å². The predicted molar refractivity (Wildman–Crippen MR) is 91.7 cm³/mol. The van der Waals surface area contributed by atoms with Gasteiger partial charge in [0.1, 0.15) is 23.1 Å². The molecule has 0 saturated carbocycles. The first-order valence-corrected chi connectivity index (χ1v) is 9.10. The van der Waals surface area contributed by atoms with Crippen molar-refractivity contribution < 1.29 is 4.74 Å². The molecule has 9 nitrogen and oxygen atoms in total. The molecule has 0 N–H and O–H groups in total. The number of fused-ring (bicyclic) bond motifs is 1. The lowest BCUT2D eigenvalue weighted by Crippen LogP contribution is -2.47. The zero-order chi connectivity index (χ0) is 18.2. The van der Waals surface area contributed by atoms with E-state index in [1.54, 1.807) is 17.6 Å². The van der Waals surface area contributed by atoms with Gasteiger partial charge in [-0.3, -0.25) is 0 Å². The second-order valence-electron chi connectivity index (χ2n) is 6.13. The molecule has 3 heterocycles. The highest BCUT2D eigenvalue weighted by Crippen LogP contribution is 2.53. The van der Waals surface area contributed by atoms with Gasteiger partial charge < -0.3 is 4.74 Å². The van der Waals surface area contributed by atoms with Gasteiger partial charge in [-0.15, -0.1) is 11.8 Å². The molecular formula is C15H18N8OS. The minimum Gasteiger partial charge on any atom is -0.350 e. The molecule has 1 fully saturated rings. The molecule has 1 aliphatic rings. The van der Waals surface area contributed by atoms with E-state index in [1.807, 2.05) is 20.1 Å². The van der Waals surface area contributed by atoms with E-state index in [2.05, 4.69) is 31.2 Å². The van der Waals surface area contributed by atoms with E-state index in [0.29, 0.717) is 22.8 Å². The Morgan fingerprint density at radius 3 is 2.92 bits per heavy atom. The van der Waals surface area contributed by atoms with E-state index in [4.69, 9.17) is 10.3 Å². The van der Waals surface area contributed by atoms with Gasteiger partial charge in [-0.1, -0.05) is 19.0 Å². The van der Waals surface area contributed by atoms with Crippen LogP contribution in [-0.2, 0) is 10.3 Å². The van der Waals surface area contributed by atoms with Crippen LogP contribution in [0.5, 0.6) is 0 Å². The summed E-state index contributed by atoms with van der Waals surface area (Å²) in [4.78, 5) is 11.6. The van der Waals surface area contributed by atoms with Gasteiger partial charge in [-0.25, -0.2) is 14.5 Å². The van der Waals surface area contributed by atoms with Crippen LogP contribution in [0.3, 0.4) is 0 Å². The summed E-state index contributed by atoms with van der Waals surface area (Å²) in [5.74, 6) is -0.152. The van der Waals surface area contributed by atoms with Crippen molar-refractivity contribution in [3.63, 3.8) is 0 Å². The number of azide groups is 1. The summed E-state index contributed by atoms with van der Waals surface area (Å²) in [7, 11) is 0. The zero-order valence-corrected chi connectivity index (χ0v) is 15.2. The Bertz CT molecular complexity index is 901. The number of rotatable bonds is 4. The summed E-state index contributed by atoms with van der Waals surface area (Å²) >= 11 is 1.44. The number of hydrogen-bond donors (Lipinski definition) is 0. The van der Waals surface area contributed by atoms with E-state index in [0.717, 1.165) is 0 Å². The number of hydrogen-bond acceptors (Lipinski definition) is 7. The van der Waals surface area contributed by atoms with Crippen LogP contribution in [0.2, 0.25) is 0 Å². The molecule has 130 valence electrons. The van der Waals surface area contributed by atoms with Crippen LogP contribution in [0.1, 0.15) is 32.9 Å². The normalized spacial score (nSPS) is 31.6. The second-order valence-corrected chi connectivity index (χ2v) is 6.93. The molecule has 0 amide bonds. The van der Waals surface area contributed by atoms with Gasteiger partial charge in [0.25, 0.3) is 0 Å². The summed E-state index contributed by atoms with van der Waals surface area (Å²) in [5.41, 5.74) is 7.53. The number of imidazole rings is 1. The fourth-order valence-electron chi connectivity index (χ4n) is 3.52. The summed E-state index contributed by atoms with van der Waals surface area (Å²) in [6, 6.07) is 2.26. The molecule has 0 bridgehead atoms. The summed E-state index contributed by atoms with van der Waals surface area (Å²) in [6.45, 7) is 5.67. The first-order valence-electron chi connectivity index (χ1n) is 7.87. The highest BCUT2D eigenvalue weighted by molar-refractivity contribution is 7.98. The van der Waals surface area contributed by atoms with Crippen molar-refractivity contribution in [2.45, 2.75) is 49.5 Å². The lowest BCUT2D eigenvalue weighted by Gasteiger charge is -2.34. The SMILES string of the molecule is CC[C@H]1OC(C#N)(c2cnc3c(SC)ncnn23)[C@](C)(N=[N+]=[N-])[C@@H]1C. The third-order valence-electron chi connectivity index (χ3n) is 5.12. The Labute approximate surface area is 149 Å². The molecule has 10 heteroatoms. The maximum Gasteiger partial charge on any atom is 0.209 e. The summed E-state index contributed by atoms with van der Waals surface area (Å²) in [5, 5.41) is 19.1.